The van der Waals surface area contributed by atoms with E-state index in [0.29, 0.717) is 0 Å². The van der Waals surface area contributed by atoms with Crippen molar-refractivity contribution in [2.24, 2.45) is 11.7 Å². The van der Waals surface area contributed by atoms with Gasteiger partial charge in [-0.05, 0) is 0 Å². The number of hydrogen-bond acceptors (Lipinski definition) is 10. The SMILES string of the molecule is NN.O.O.[O-][Cl+3]([O-])([O-])O.[O-][Cl+3]([O-])([O-])O. The van der Waals surface area contributed by atoms with Crippen LogP contribution in [0.5, 0.6) is 0 Å². The smallest absolute Gasteiger partial charge is 0.0777 e. The van der Waals surface area contributed by atoms with Crippen molar-refractivity contribution in [3.63, 3.8) is 0 Å². The predicted octanol–water partition coefficient (Wildman–Crippen LogP) is -11.1. The monoisotopic (exact) mass is 268 g/mol. The Balaban J connectivity index is -0.0000000292. The van der Waals surface area contributed by atoms with Gasteiger partial charge in [0.05, 0.1) is 29.8 Å². The Hall–Kier alpha value is 0.1000. The van der Waals surface area contributed by atoms with Gasteiger partial charge >= 0.3 is 0 Å². The molecule has 0 aliphatic heterocycles. The highest BCUT2D eigenvalue weighted by Crippen LogP contribution is 1.61. The van der Waals surface area contributed by atoms with Crippen LogP contribution in [-0.2, 0) is 0 Å². The third kappa shape index (κ3) is 149000. The minimum Gasteiger partial charge on any atom is -0.412 e. The highest BCUT2D eigenvalue weighted by Gasteiger charge is 1.99. The molecule has 0 aromatic carbocycles. The maximum absolute atomic E-state index is 8.60. The molecule has 0 fully saturated rings. The van der Waals surface area contributed by atoms with E-state index in [1.807, 2.05) is 0 Å². The maximum Gasteiger partial charge on any atom is 0.0777 e. The fourth-order valence-corrected chi connectivity index (χ4v) is 0. The number of rotatable bonds is 0. The summed E-state index contributed by atoms with van der Waals surface area (Å²) in [5.41, 5.74) is 0. The third-order valence-electron chi connectivity index (χ3n) is 0. The summed E-state index contributed by atoms with van der Waals surface area (Å²) in [6.45, 7) is 0. The summed E-state index contributed by atoms with van der Waals surface area (Å²) >= 11 is 0. The Labute approximate surface area is 81.3 Å². The van der Waals surface area contributed by atoms with Gasteiger partial charge in [0.1, 0.15) is 0 Å². The molecule has 0 amide bonds. The molecule has 0 aromatic heterocycles. The standard InChI is InChI=1S/2ClHO4.H4N2.2H2O/c2*2-1(3,4)5;1-2;;/h2*(H,2,3,4,5);1-2H2;2*1H2. The molecule has 0 aromatic rings. The molecule has 0 unspecified atom stereocenters. The van der Waals surface area contributed by atoms with Gasteiger partial charge in [-0.3, -0.25) is 11.7 Å². The van der Waals surface area contributed by atoms with Crippen LogP contribution in [-0.4, -0.2) is 20.3 Å². The van der Waals surface area contributed by atoms with Gasteiger partial charge in [-0.25, -0.2) is 0 Å². The summed E-state index contributed by atoms with van der Waals surface area (Å²) in [6, 6.07) is 0. The lowest BCUT2D eigenvalue weighted by atomic mass is 13.0. The highest BCUT2D eigenvalue weighted by molar-refractivity contribution is 3.26. The molecule has 0 aliphatic rings. The normalized spacial score (nSPS) is 9.00. The molecule has 14 heavy (non-hydrogen) atoms. The van der Waals surface area contributed by atoms with Gasteiger partial charge in [-0.1, -0.05) is 0 Å². The highest BCUT2D eigenvalue weighted by atomic mass is 35.7. The van der Waals surface area contributed by atoms with Crippen molar-refractivity contribution in [3.05, 3.63) is 0 Å². The average molecular weight is 269 g/mol. The lowest BCUT2D eigenvalue weighted by molar-refractivity contribution is -1.92. The van der Waals surface area contributed by atoms with Crippen LogP contribution in [0, 0.1) is 20.5 Å². The second kappa shape index (κ2) is 13.1. The second-order valence-electron chi connectivity index (χ2n) is 0.792. The largest absolute Gasteiger partial charge is 0.412 e. The van der Waals surface area contributed by atoms with Crippen LogP contribution in [0.25, 0.3) is 0 Å². The van der Waals surface area contributed by atoms with Crippen LogP contribution in [0.15, 0.2) is 0 Å². The van der Waals surface area contributed by atoms with Crippen molar-refractivity contribution in [3.8, 4) is 0 Å². The molecule has 14 heteroatoms. The van der Waals surface area contributed by atoms with Gasteiger partial charge in [0.15, 0.2) is 0 Å². The number of nitrogens with two attached hydrogens (primary N) is 2. The van der Waals surface area contributed by atoms with Gasteiger partial charge in [0.2, 0.25) is 0 Å². The van der Waals surface area contributed by atoms with Crippen molar-refractivity contribution in [2.75, 3.05) is 0 Å². The molecule has 0 bridgehead atoms. The van der Waals surface area contributed by atoms with E-state index in [4.69, 9.17) is 37.3 Å². The Morgan fingerprint density at radius 2 is 0.643 bits per heavy atom. The number of hydrazine groups is 1. The van der Waals surface area contributed by atoms with Crippen LogP contribution in [0.2, 0.25) is 0 Å². The van der Waals surface area contributed by atoms with Crippen molar-refractivity contribution in [1.29, 1.82) is 0 Å². The van der Waals surface area contributed by atoms with Gasteiger partial charge in [-0.15, -0.1) is 0 Å². The molecular formula is H10Cl2N2O10. The minimum atomic E-state index is -4.69. The van der Waals surface area contributed by atoms with E-state index in [1.54, 1.807) is 0 Å². The first kappa shape index (κ1) is 29.2. The molecule has 0 aliphatic carbocycles. The van der Waals surface area contributed by atoms with E-state index in [9.17, 15) is 0 Å². The minimum absolute atomic E-state index is 0. The molecule has 0 saturated heterocycles. The molecule has 10 N–H and O–H groups in total. The summed E-state index contributed by atoms with van der Waals surface area (Å²) < 4.78 is 65.4. The van der Waals surface area contributed by atoms with E-state index in [-0.39, 0.29) is 11.0 Å². The second-order valence-corrected chi connectivity index (χ2v) is 2.38. The molecule has 0 atom stereocenters. The van der Waals surface area contributed by atoms with Crippen molar-refractivity contribution < 1.29 is 68.7 Å². The third-order valence-corrected chi connectivity index (χ3v) is 0. The van der Waals surface area contributed by atoms with Gasteiger partial charge in [-0.2, -0.15) is 28.0 Å². The summed E-state index contributed by atoms with van der Waals surface area (Å²) in [5.74, 6) is 8.00. The zero-order chi connectivity index (χ0) is 11.0. The molecule has 94 valence electrons. The first-order valence-corrected chi connectivity index (χ1v) is 4.12. The number of hydrogen-bond donors (Lipinski definition) is 4. The average Bonchev–Trinajstić information content (AvgIpc) is 1.59. The lowest BCUT2D eigenvalue weighted by Crippen LogP contribution is -2.58. The summed E-state index contributed by atoms with van der Waals surface area (Å²) in [7, 11) is -9.39. The summed E-state index contributed by atoms with van der Waals surface area (Å²) in [4.78, 5) is 0. The van der Waals surface area contributed by atoms with Crippen molar-refractivity contribution >= 4 is 0 Å². The fraction of sp³-hybridized carbons (Fsp3) is 0. The lowest BCUT2D eigenvalue weighted by Gasteiger charge is -2.03. The topological polar surface area (TPSA) is 294 Å². The predicted molar refractivity (Wildman–Crippen MR) is 20.0 cm³/mol. The van der Waals surface area contributed by atoms with E-state index < -0.39 is 20.5 Å². The maximum atomic E-state index is 8.60. The first-order valence-electron chi connectivity index (χ1n) is 1.60. The summed E-state index contributed by atoms with van der Waals surface area (Å²) in [6.07, 6.45) is 0. The Bertz CT molecular complexity index is 59.1. The molecule has 0 rings (SSSR count). The van der Waals surface area contributed by atoms with E-state index >= 15 is 0 Å². The van der Waals surface area contributed by atoms with E-state index in [2.05, 4.69) is 11.7 Å². The molecule has 0 radical (unpaired) electrons. The van der Waals surface area contributed by atoms with Crippen LogP contribution >= 0.6 is 0 Å². The quantitative estimate of drug-likeness (QED) is 0.237. The Morgan fingerprint density at radius 3 is 0.643 bits per heavy atom. The Kier molecular flexibility index (Phi) is 27.3. The fourth-order valence-electron chi connectivity index (χ4n) is 0. The molecule has 12 nitrogen and oxygen atoms in total. The van der Waals surface area contributed by atoms with E-state index in [1.165, 1.54) is 0 Å². The van der Waals surface area contributed by atoms with Crippen LogP contribution in [0.3, 0.4) is 0 Å². The van der Waals surface area contributed by atoms with Gasteiger partial charge in [0.25, 0.3) is 0 Å². The zero-order valence-corrected chi connectivity index (χ0v) is 7.77. The van der Waals surface area contributed by atoms with Crippen LogP contribution in [0.1, 0.15) is 0 Å². The van der Waals surface area contributed by atoms with Crippen molar-refractivity contribution in [2.45, 2.75) is 0 Å². The zero-order valence-electron chi connectivity index (χ0n) is 6.25. The molecular weight excluding hydrogens is 259 g/mol. The molecule has 0 heterocycles. The van der Waals surface area contributed by atoms with Crippen LogP contribution < -0.4 is 39.6 Å². The first-order chi connectivity index (χ1) is 5.00. The van der Waals surface area contributed by atoms with Gasteiger partial charge in [0, 0.05) is 0 Å². The molecule has 0 saturated carbocycles. The Morgan fingerprint density at radius 1 is 0.643 bits per heavy atom. The van der Waals surface area contributed by atoms with Crippen molar-refractivity contribution in [1.82, 2.24) is 0 Å². The summed E-state index contributed by atoms with van der Waals surface area (Å²) in [5, 5.41) is 0. The molecule has 0 spiro atoms. The number of halogens is 2. The van der Waals surface area contributed by atoms with E-state index in [0.717, 1.165) is 0 Å². The van der Waals surface area contributed by atoms with Crippen LogP contribution in [0.4, 0.5) is 0 Å². The van der Waals surface area contributed by atoms with Gasteiger partial charge < -0.3 is 11.0 Å².